The third-order valence-electron chi connectivity index (χ3n) is 7.24. The third kappa shape index (κ3) is 4.27. The van der Waals surface area contributed by atoms with Gasteiger partial charge in [0.1, 0.15) is 6.04 Å². The number of Topliss-reactive ketones (excluding diaryl/α,β-unsaturated/α-hetero) is 1. The minimum atomic E-state index is -0.747. The lowest BCUT2D eigenvalue weighted by atomic mass is 9.49. The average molecular weight is 432 g/mol. The molecule has 162 valence electrons. The summed E-state index contributed by atoms with van der Waals surface area (Å²) < 4.78 is 5.30. The lowest BCUT2D eigenvalue weighted by molar-refractivity contribution is -0.154. The van der Waals surface area contributed by atoms with E-state index in [2.05, 4.69) is 5.32 Å². The molecule has 0 unspecified atom stereocenters. The number of hydrogen-bond donors (Lipinski definition) is 1. The first-order valence-corrected chi connectivity index (χ1v) is 11.4. The van der Waals surface area contributed by atoms with Crippen molar-refractivity contribution in [2.24, 2.45) is 29.1 Å². The van der Waals surface area contributed by atoms with Crippen LogP contribution in [0.5, 0.6) is 0 Å². The summed E-state index contributed by atoms with van der Waals surface area (Å²) in [6.45, 7) is 3.41. The Balaban J connectivity index is 1.37. The first-order chi connectivity index (χ1) is 14.3. The standard InChI is InChI=1S/C24H30ClNO4/c1-14(2)21(22(28)30-13-20(27)18-3-5-19(25)6-4-18)26-23(29)24-10-15-7-16(11-24)9-17(8-15)12-24/h3-6,14-17,21H,7-13H2,1-2H3,(H,26,29)/t15?,16?,17?,21-,24?/m0/s1. The molecule has 30 heavy (non-hydrogen) atoms. The molecular formula is C24H30ClNO4. The predicted octanol–water partition coefficient (Wildman–Crippen LogP) is 4.42. The van der Waals surface area contributed by atoms with Gasteiger partial charge in [-0.25, -0.2) is 4.79 Å². The quantitative estimate of drug-likeness (QED) is 0.512. The maximum atomic E-state index is 13.3. The van der Waals surface area contributed by atoms with Gasteiger partial charge in [-0.1, -0.05) is 25.4 Å². The zero-order valence-electron chi connectivity index (χ0n) is 17.7. The Bertz CT molecular complexity index is 797. The van der Waals surface area contributed by atoms with Crippen molar-refractivity contribution < 1.29 is 19.1 Å². The van der Waals surface area contributed by atoms with Gasteiger partial charge >= 0.3 is 5.97 Å². The highest BCUT2D eigenvalue weighted by molar-refractivity contribution is 6.30. The van der Waals surface area contributed by atoms with Gasteiger partial charge in [-0.05, 0) is 86.5 Å². The first kappa shape index (κ1) is 21.4. The van der Waals surface area contributed by atoms with Gasteiger partial charge in [0.25, 0.3) is 0 Å². The number of benzene rings is 1. The number of amides is 1. The first-order valence-electron chi connectivity index (χ1n) is 11.0. The van der Waals surface area contributed by atoms with E-state index < -0.39 is 12.0 Å². The van der Waals surface area contributed by atoms with Gasteiger partial charge in [0, 0.05) is 16.0 Å². The predicted molar refractivity (Wildman–Crippen MR) is 114 cm³/mol. The third-order valence-corrected chi connectivity index (χ3v) is 7.49. The Morgan fingerprint density at radius 3 is 2.07 bits per heavy atom. The molecule has 6 heteroatoms. The van der Waals surface area contributed by atoms with Gasteiger partial charge in [-0.15, -0.1) is 0 Å². The summed E-state index contributed by atoms with van der Waals surface area (Å²) >= 11 is 5.84. The normalized spacial score (nSPS) is 30.2. The molecule has 4 bridgehead atoms. The van der Waals surface area contributed by atoms with E-state index in [1.807, 2.05) is 13.8 Å². The number of halogens is 1. The molecule has 4 fully saturated rings. The lowest BCUT2D eigenvalue weighted by Gasteiger charge is -2.55. The number of ether oxygens (including phenoxy) is 1. The van der Waals surface area contributed by atoms with E-state index in [1.165, 1.54) is 19.3 Å². The smallest absolute Gasteiger partial charge is 0.329 e. The zero-order chi connectivity index (χ0) is 21.5. The minimum Gasteiger partial charge on any atom is -0.456 e. The van der Waals surface area contributed by atoms with Crippen molar-refractivity contribution in [3.63, 3.8) is 0 Å². The second-order valence-electron chi connectivity index (χ2n) is 9.93. The highest BCUT2D eigenvalue weighted by Gasteiger charge is 2.55. The summed E-state index contributed by atoms with van der Waals surface area (Å²) in [6.07, 6.45) is 6.61. The summed E-state index contributed by atoms with van der Waals surface area (Å²) in [4.78, 5) is 38.3. The van der Waals surface area contributed by atoms with Crippen LogP contribution in [0.3, 0.4) is 0 Å². The average Bonchev–Trinajstić information content (AvgIpc) is 2.69. The molecule has 0 saturated heterocycles. The van der Waals surface area contributed by atoms with E-state index in [0.717, 1.165) is 19.3 Å². The van der Waals surface area contributed by atoms with Crippen LogP contribution in [0.4, 0.5) is 0 Å². The van der Waals surface area contributed by atoms with Gasteiger partial charge in [-0.3, -0.25) is 9.59 Å². The summed E-state index contributed by atoms with van der Waals surface area (Å²) in [5, 5.41) is 3.54. The second-order valence-corrected chi connectivity index (χ2v) is 10.4. The zero-order valence-corrected chi connectivity index (χ0v) is 18.4. The van der Waals surface area contributed by atoms with Gasteiger partial charge in [0.15, 0.2) is 12.4 Å². The van der Waals surface area contributed by atoms with Crippen molar-refractivity contribution in [3.05, 3.63) is 34.9 Å². The van der Waals surface area contributed by atoms with Crippen LogP contribution in [0.2, 0.25) is 5.02 Å². The van der Waals surface area contributed by atoms with Crippen molar-refractivity contribution in [2.45, 2.75) is 58.4 Å². The molecule has 4 saturated carbocycles. The minimum absolute atomic E-state index is 0.00118. The molecule has 1 aromatic carbocycles. The Hall–Kier alpha value is -1.88. The van der Waals surface area contributed by atoms with Crippen LogP contribution in [0.25, 0.3) is 0 Å². The van der Waals surface area contributed by atoms with Gasteiger partial charge < -0.3 is 10.1 Å². The van der Waals surface area contributed by atoms with Crippen LogP contribution in [-0.4, -0.2) is 30.3 Å². The van der Waals surface area contributed by atoms with Crippen LogP contribution < -0.4 is 5.32 Å². The largest absolute Gasteiger partial charge is 0.456 e. The Morgan fingerprint density at radius 2 is 1.57 bits per heavy atom. The van der Waals surface area contributed by atoms with Crippen LogP contribution in [0.1, 0.15) is 62.7 Å². The van der Waals surface area contributed by atoms with Crippen LogP contribution in [0.15, 0.2) is 24.3 Å². The molecule has 5 rings (SSSR count). The molecule has 0 heterocycles. The summed E-state index contributed by atoms with van der Waals surface area (Å²) in [5.41, 5.74) is 0.118. The topological polar surface area (TPSA) is 72.5 Å². The van der Waals surface area contributed by atoms with Crippen LogP contribution in [0, 0.1) is 29.1 Å². The molecule has 1 aromatic rings. The van der Waals surface area contributed by atoms with Crippen molar-refractivity contribution in [2.75, 3.05) is 6.61 Å². The van der Waals surface area contributed by atoms with Gasteiger partial charge in [0.2, 0.25) is 5.91 Å². The molecule has 0 aliphatic heterocycles. The van der Waals surface area contributed by atoms with E-state index in [9.17, 15) is 14.4 Å². The monoisotopic (exact) mass is 431 g/mol. The highest BCUT2D eigenvalue weighted by Crippen LogP contribution is 2.60. The van der Waals surface area contributed by atoms with E-state index >= 15 is 0 Å². The molecule has 4 aliphatic carbocycles. The fourth-order valence-electron chi connectivity index (χ4n) is 6.13. The maximum absolute atomic E-state index is 13.3. The number of nitrogens with one attached hydrogen (secondary N) is 1. The van der Waals surface area contributed by atoms with E-state index in [-0.39, 0.29) is 29.6 Å². The Morgan fingerprint density at radius 1 is 1.03 bits per heavy atom. The van der Waals surface area contributed by atoms with Crippen molar-refractivity contribution in [1.29, 1.82) is 0 Å². The molecule has 0 radical (unpaired) electrons. The van der Waals surface area contributed by atoms with E-state index in [0.29, 0.717) is 28.3 Å². The maximum Gasteiger partial charge on any atom is 0.329 e. The molecule has 4 aliphatic rings. The number of carbonyl (C=O) groups excluding carboxylic acids is 3. The number of rotatable bonds is 7. The van der Waals surface area contributed by atoms with Gasteiger partial charge in [0.05, 0.1) is 0 Å². The molecule has 1 amide bonds. The number of esters is 1. The van der Waals surface area contributed by atoms with Crippen molar-refractivity contribution >= 4 is 29.3 Å². The molecule has 0 aromatic heterocycles. The van der Waals surface area contributed by atoms with E-state index in [4.69, 9.17) is 16.3 Å². The molecule has 0 spiro atoms. The molecule has 1 N–H and O–H groups in total. The van der Waals surface area contributed by atoms with Crippen LogP contribution >= 0.6 is 11.6 Å². The highest BCUT2D eigenvalue weighted by atomic mass is 35.5. The van der Waals surface area contributed by atoms with E-state index in [1.54, 1.807) is 24.3 Å². The fraction of sp³-hybridized carbons (Fsp3) is 0.625. The number of carbonyl (C=O) groups is 3. The second kappa shape index (κ2) is 8.33. The van der Waals surface area contributed by atoms with Crippen molar-refractivity contribution in [1.82, 2.24) is 5.32 Å². The Labute approximate surface area is 182 Å². The van der Waals surface area contributed by atoms with Gasteiger partial charge in [-0.2, -0.15) is 0 Å². The number of ketones is 1. The summed E-state index contributed by atoms with van der Waals surface area (Å²) in [7, 11) is 0. The molecule has 5 nitrogen and oxygen atoms in total. The number of hydrogen-bond acceptors (Lipinski definition) is 4. The summed E-state index contributed by atoms with van der Waals surface area (Å²) in [5.74, 6) is 0.998. The summed E-state index contributed by atoms with van der Waals surface area (Å²) in [6, 6.07) is 5.71. The fourth-order valence-corrected chi connectivity index (χ4v) is 6.25. The molecule has 1 atom stereocenters. The van der Waals surface area contributed by atoms with Crippen LogP contribution in [-0.2, 0) is 14.3 Å². The molecular weight excluding hydrogens is 402 g/mol. The van der Waals surface area contributed by atoms with Crippen molar-refractivity contribution in [3.8, 4) is 0 Å². The Kier molecular flexibility index (Phi) is 5.93. The lowest BCUT2D eigenvalue weighted by Crippen LogP contribution is -2.57. The SMILES string of the molecule is CC(C)[C@H](NC(=O)C12CC3CC(CC(C3)C1)C2)C(=O)OCC(=O)c1ccc(Cl)cc1.